The number of carboxylic acid groups (broad SMARTS) is 1. The molecule has 2 aliphatic heterocycles. The lowest BCUT2D eigenvalue weighted by Crippen LogP contribution is -2.56. The molecule has 0 radical (unpaired) electrons. The zero-order chi connectivity index (χ0) is 25.3. The van der Waals surface area contributed by atoms with Gasteiger partial charge in [0.25, 0.3) is 0 Å². The first kappa shape index (κ1) is 24.4. The molecule has 13 nitrogen and oxygen atoms in total. The molecule has 2 aromatic rings. The van der Waals surface area contributed by atoms with Gasteiger partial charge in [0.2, 0.25) is 11.9 Å². The summed E-state index contributed by atoms with van der Waals surface area (Å²) in [6, 6.07) is -0.360. The van der Waals surface area contributed by atoms with E-state index in [9.17, 15) is 14.7 Å². The molecular weight excluding hydrogens is 456 g/mol. The van der Waals surface area contributed by atoms with Gasteiger partial charge in [-0.1, -0.05) is 0 Å². The predicted molar refractivity (Wildman–Crippen MR) is 126 cm³/mol. The summed E-state index contributed by atoms with van der Waals surface area (Å²) in [5.41, 5.74) is 6.82. The molecule has 1 amide bonds. The Hall–Kier alpha value is -3.74. The molecule has 1 saturated heterocycles. The van der Waals surface area contributed by atoms with Gasteiger partial charge in [-0.15, -0.1) is 0 Å². The molecule has 0 bridgehead atoms. The Morgan fingerprint density at radius 2 is 1.89 bits per heavy atom. The Morgan fingerprint density at radius 3 is 2.54 bits per heavy atom. The highest BCUT2D eigenvalue weighted by molar-refractivity contribution is 5.92. The average Bonchev–Trinajstić information content (AvgIpc) is 2.81. The lowest BCUT2D eigenvalue weighted by Gasteiger charge is -2.41. The lowest BCUT2D eigenvalue weighted by molar-refractivity contribution is 0.0222. The first-order valence-electron chi connectivity index (χ1n) is 11.4. The number of aliphatic hydroxyl groups excluding tert-OH is 1. The van der Waals surface area contributed by atoms with Gasteiger partial charge in [-0.25, -0.2) is 24.5 Å². The Labute approximate surface area is 202 Å². The number of nitrogens with two attached hydrogens (primary N) is 1. The van der Waals surface area contributed by atoms with Crippen LogP contribution in [0.3, 0.4) is 0 Å². The summed E-state index contributed by atoms with van der Waals surface area (Å²) in [6.45, 7) is 7.67. The molecule has 4 heterocycles. The minimum absolute atomic E-state index is 0.125. The van der Waals surface area contributed by atoms with E-state index in [0.29, 0.717) is 45.1 Å². The molecule has 1 fully saturated rings. The predicted octanol–water partition coefficient (Wildman–Crippen LogP) is 0.528. The van der Waals surface area contributed by atoms with Gasteiger partial charge in [0, 0.05) is 50.6 Å². The Morgan fingerprint density at radius 1 is 1.14 bits per heavy atom. The molecule has 0 aliphatic carbocycles. The fraction of sp³-hybridized carbons (Fsp3) is 0.545. The van der Waals surface area contributed by atoms with Gasteiger partial charge < -0.3 is 35.4 Å². The van der Waals surface area contributed by atoms with E-state index in [1.807, 2.05) is 25.7 Å². The quantitative estimate of drug-likeness (QED) is 0.548. The maximum atomic E-state index is 12.4. The largest absolute Gasteiger partial charge is 0.477 e. The van der Waals surface area contributed by atoms with E-state index in [1.165, 1.54) is 6.20 Å². The molecule has 0 saturated carbocycles. The number of rotatable bonds is 4. The van der Waals surface area contributed by atoms with Crippen molar-refractivity contribution >= 4 is 29.8 Å². The SMILES string of the molecule is CC(C)(C)OC(=O)N1CCc2nc(N3CCN(c4ncc(C(=O)O)c(N)n4)[C@H](CO)C3)ncc2C1. The fourth-order valence-corrected chi connectivity index (χ4v) is 4.09. The second-order valence-corrected chi connectivity index (χ2v) is 9.54. The third kappa shape index (κ3) is 5.34. The first-order valence-corrected chi connectivity index (χ1v) is 11.4. The van der Waals surface area contributed by atoms with E-state index in [1.54, 1.807) is 16.0 Å². The highest BCUT2D eigenvalue weighted by atomic mass is 16.6. The molecule has 2 aliphatic rings. The van der Waals surface area contributed by atoms with E-state index < -0.39 is 11.6 Å². The second-order valence-electron chi connectivity index (χ2n) is 9.54. The topological polar surface area (TPSA) is 171 Å². The molecular formula is C22H30N8O5. The number of piperazine rings is 1. The molecule has 0 unspecified atom stereocenters. The van der Waals surface area contributed by atoms with Crippen LogP contribution in [0.1, 0.15) is 42.4 Å². The molecule has 188 valence electrons. The number of carboxylic acids is 1. The summed E-state index contributed by atoms with van der Waals surface area (Å²) in [5, 5.41) is 19.2. The summed E-state index contributed by atoms with van der Waals surface area (Å²) in [6.07, 6.45) is 3.15. The number of anilines is 3. The molecule has 13 heteroatoms. The van der Waals surface area contributed by atoms with Crippen molar-refractivity contribution in [1.82, 2.24) is 24.8 Å². The van der Waals surface area contributed by atoms with Gasteiger partial charge in [0.05, 0.1) is 24.9 Å². The number of fused-ring (bicyclic) bond motifs is 1. The number of hydrogen-bond acceptors (Lipinski definition) is 11. The Bertz CT molecular complexity index is 1120. The van der Waals surface area contributed by atoms with E-state index in [0.717, 1.165) is 11.3 Å². The van der Waals surface area contributed by atoms with Crippen LogP contribution in [0.25, 0.3) is 0 Å². The number of nitrogens with zero attached hydrogens (tertiary/aromatic N) is 7. The number of aliphatic hydroxyl groups is 1. The second kappa shape index (κ2) is 9.49. The molecule has 0 aromatic carbocycles. The monoisotopic (exact) mass is 486 g/mol. The summed E-state index contributed by atoms with van der Waals surface area (Å²) < 4.78 is 5.47. The van der Waals surface area contributed by atoms with Crippen LogP contribution in [0.2, 0.25) is 0 Å². The van der Waals surface area contributed by atoms with Crippen molar-refractivity contribution in [3.63, 3.8) is 0 Å². The van der Waals surface area contributed by atoms with Gasteiger partial charge >= 0.3 is 12.1 Å². The average molecular weight is 487 g/mol. The zero-order valence-corrected chi connectivity index (χ0v) is 20.0. The van der Waals surface area contributed by atoms with Crippen LogP contribution >= 0.6 is 0 Å². The van der Waals surface area contributed by atoms with Crippen LogP contribution in [0.5, 0.6) is 0 Å². The Kier molecular flexibility index (Phi) is 6.61. The van der Waals surface area contributed by atoms with Crippen molar-refractivity contribution in [3.05, 3.63) is 29.2 Å². The van der Waals surface area contributed by atoms with Crippen LogP contribution in [-0.2, 0) is 17.7 Å². The number of carbonyl (C=O) groups excluding carboxylic acids is 1. The molecule has 1 atom stereocenters. The zero-order valence-electron chi connectivity index (χ0n) is 20.0. The number of aromatic nitrogens is 4. The van der Waals surface area contributed by atoms with Crippen LogP contribution in [0.4, 0.5) is 22.5 Å². The molecule has 0 spiro atoms. The van der Waals surface area contributed by atoms with Crippen LogP contribution in [0.15, 0.2) is 12.4 Å². The highest BCUT2D eigenvalue weighted by Crippen LogP contribution is 2.24. The number of nitrogen functional groups attached to an aromatic ring is 1. The number of ether oxygens (including phenoxy) is 1. The van der Waals surface area contributed by atoms with Crippen LogP contribution in [-0.4, -0.2) is 91.5 Å². The lowest BCUT2D eigenvalue weighted by atomic mass is 10.1. The van der Waals surface area contributed by atoms with Crippen molar-refractivity contribution in [2.75, 3.05) is 48.3 Å². The van der Waals surface area contributed by atoms with Crippen molar-refractivity contribution in [3.8, 4) is 0 Å². The number of aromatic carboxylic acids is 1. The normalized spacial score (nSPS) is 18.3. The molecule has 4 N–H and O–H groups in total. The molecule has 4 rings (SSSR count). The van der Waals surface area contributed by atoms with Gasteiger partial charge in [-0.3, -0.25) is 0 Å². The van der Waals surface area contributed by atoms with Gasteiger partial charge in [-0.05, 0) is 20.8 Å². The molecule has 2 aromatic heterocycles. The third-order valence-electron chi connectivity index (χ3n) is 5.84. The minimum atomic E-state index is -1.20. The van der Waals surface area contributed by atoms with Gasteiger partial charge in [0.1, 0.15) is 17.0 Å². The van der Waals surface area contributed by atoms with Gasteiger partial charge in [-0.2, -0.15) is 4.98 Å². The summed E-state index contributed by atoms with van der Waals surface area (Å²) in [4.78, 5) is 46.5. The third-order valence-corrected chi connectivity index (χ3v) is 5.84. The summed E-state index contributed by atoms with van der Waals surface area (Å²) >= 11 is 0. The van der Waals surface area contributed by atoms with Crippen molar-refractivity contribution in [1.29, 1.82) is 0 Å². The summed E-state index contributed by atoms with van der Waals surface area (Å²) in [7, 11) is 0. The maximum absolute atomic E-state index is 12.4. The van der Waals surface area contributed by atoms with Crippen LogP contribution < -0.4 is 15.5 Å². The minimum Gasteiger partial charge on any atom is -0.477 e. The van der Waals surface area contributed by atoms with E-state index in [-0.39, 0.29) is 36.1 Å². The number of hydrogen-bond donors (Lipinski definition) is 3. The first-order chi connectivity index (χ1) is 16.6. The standard InChI is InChI=1S/C22H30N8O5/c1-22(2,3)35-21(34)29-5-4-16-13(10-29)8-24-19(26-16)28-6-7-30(14(11-28)12-31)20-25-9-15(18(32)33)17(23)27-20/h8-9,14,31H,4-7,10-12H2,1-3H3,(H,32,33)(H2,23,25,27)/t14-/m0/s1. The molecule has 35 heavy (non-hydrogen) atoms. The van der Waals surface area contributed by atoms with E-state index in [2.05, 4.69) is 15.0 Å². The Balaban J connectivity index is 1.45. The maximum Gasteiger partial charge on any atom is 0.410 e. The van der Waals surface area contributed by atoms with Crippen molar-refractivity contribution < 1.29 is 24.5 Å². The van der Waals surface area contributed by atoms with E-state index >= 15 is 0 Å². The highest BCUT2D eigenvalue weighted by Gasteiger charge is 2.32. The van der Waals surface area contributed by atoms with Crippen LogP contribution in [0, 0.1) is 0 Å². The fourth-order valence-electron chi connectivity index (χ4n) is 4.09. The van der Waals surface area contributed by atoms with E-state index in [4.69, 9.17) is 20.6 Å². The van der Waals surface area contributed by atoms with Crippen molar-refractivity contribution in [2.45, 2.75) is 45.4 Å². The summed E-state index contributed by atoms with van der Waals surface area (Å²) in [5.74, 6) is -0.509. The smallest absolute Gasteiger partial charge is 0.410 e. The van der Waals surface area contributed by atoms with Gasteiger partial charge in [0.15, 0.2) is 0 Å². The number of amides is 1. The van der Waals surface area contributed by atoms with Crippen molar-refractivity contribution in [2.24, 2.45) is 0 Å². The number of carbonyl (C=O) groups is 2.